The Morgan fingerprint density at radius 1 is 0.724 bits per heavy atom. The second-order valence-corrected chi connectivity index (χ2v) is 7.82. The number of nitrogens with zero attached hydrogens (tertiary/aromatic N) is 2. The number of aromatic nitrogens is 2. The molecule has 2 heteroatoms. The Balaban J connectivity index is 1.81. The van der Waals surface area contributed by atoms with Crippen LogP contribution in [0, 0.1) is 0 Å². The molecular weight excluding hydrogens is 352 g/mol. The maximum Gasteiger partial charge on any atom is 0.243 e. The first-order chi connectivity index (χ1) is 14.2. The summed E-state index contributed by atoms with van der Waals surface area (Å²) in [5.41, 5.74) is 7.61. The fraction of sp³-hybridized carbons (Fsp3) is 0.0741. The molecule has 0 unspecified atom stereocenters. The Labute approximate surface area is 169 Å². The third-order valence-electron chi connectivity index (χ3n) is 6.13. The number of benzene rings is 3. The van der Waals surface area contributed by atoms with Gasteiger partial charge in [0.1, 0.15) is 5.69 Å². The molecule has 6 aromatic rings. The normalized spacial score (nSPS) is 12.7. The van der Waals surface area contributed by atoms with Gasteiger partial charge in [-0.1, -0.05) is 48.5 Å². The van der Waals surface area contributed by atoms with Crippen LogP contribution in [-0.4, -0.2) is 4.57 Å². The molecule has 0 fully saturated rings. The highest BCUT2D eigenvalue weighted by atomic mass is 15.0. The van der Waals surface area contributed by atoms with E-state index in [9.17, 15) is 0 Å². The molecule has 0 radical (unpaired) electrons. The van der Waals surface area contributed by atoms with Crippen LogP contribution in [0.3, 0.4) is 0 Å². The summed E-state index contributed by atoms with van der Waals surface area (Å²) in [5.74, 6) is 0. The van der Waals surface area contributed by atoms with Crippen LogP contribution in [0.25, 0.3) is 49.7 Å². The molecule has 0 saturated carbocycles. The Hall–Kier alpha value is -3.65. The molecule has 2 nitrogen and oxygen atoms in total. The van der Waals surface area contributed by atoms with E-state index in [1.807, 2.05) is 0 Å². The minimum atomic E-state index is 1.22. The molecule has 3 aromatic carbocycles. The highest BCUT2D eigenvalue weighted by Crippen LogP contribution is 2.35. The zero-order valence-electron chi connectivity index (χ0n) is 16.6. The third-order valence-corrected chi connectivity index (χ3v) is 6.13. The predicted molar refractivity (Wildman–Crippen MR) is 122 cm³/mol. The second-order valence-electron chi connectivity index (χ2n) is 7.82. The average Bonchev–Trinajstić information content (AvgIpc) is 3.28. The zero-order chi connectivity index (χ0) is 19.5. The van der Waals surface area contributed by atoms with Gasteiger partial charge in [0.25, 0.3) is 0 Å². The minimum Gasteiger partial charge on any atom is -0.346 e. The molecule has 0 N–H and O–H groups in total. The van der Waals surface area contributed by atoms with Gasteiger partial charge in [-0.15, -0.1) is 4.40 Å². The second kappa shape index (κ2) is 5.92. The van der Waals surface area contributed by atoms with Crippen molar-refractivity contribution in [3.63, 3.8) is 0 Å². The summed E-state index contributed by atoms with van der Waals surface area (Å²) in [5, 5.41) is 5.27. The quantitative estimate of drug-likeness (QED) is 0.319. The number of para-hydroxylation sites is 2. The van der Waals surface area contributed by atoms with E-state index in [2.05, 4.69) is 114 Å². The van der Waals surface area contributed by atoms with Crippen molar-refractivity contribution in [3.05, 3.63) is 96.3 Å². The molecule has 0 aliphatic carbocycles. The molecule has 6 rings (SSSR count). The Morgan fingerprint density at radius 2 is 1.38 bits per heavy atom. The van der Waals surface area contributed by atoms with Crippen LogP contribution >= 0.6 is 0 Å². The molecule has 0 amide bonds. The van der Waals surface area contributed by atoms with Crippen LogP contribution in [-0.2, 0) is 7.05 Å². The molecule has 29 heavy (non-hydrogen) atoms. The predicted octanol–water partition coefficient (Wildman–Crippen LogP) is 6.22. The van der Waals surface area contributed by atoms with Crippen LogP contribution in [0.2, 0.25) is 0 Å². The Bertz CT molecular complexity index is 1550. The van der Waals surface area contributed by atoms with Crippen LogP contribution in [0.4, 0.5) is 0 Å². The van der Waals surface area contributed by atoms with E-state index in [0.717, 1.165) is 0 Å². The minimum absolute atomic E-state index is 1.22. The summed E-state index contributed by atoms with van der Waals surface area (Å²) < 4.78 is 4.69. The molecule has 0 saturated heterocycles. The van der Waals surface area contributed by atoms with Gasteiger partial charge in [-0.3, -0.25) is 0 Å². The van der Waals surface area contributed by atoms with Gasteiger partial charge in [0.05, 0.1) is 21.5 Å². The summed E-state index contributed by atoms with van der Waals surface area (Å²) >= 11 is 0. The first-order valence-corrected chi connectivity index (χ1v) is 10.0. The average molecular weight is 373 g/mol. The Morgan fingerprint density at radius 3 is 2.21 bits per heavy atom. The van der Waals surface area contributed by atoms with E-state index in [-0.39, 0.29) is 0 Å². The Kier molecular flexibility index (Phi) is 3.33. The van der Waals surface area contributed by atoms with Gasteiger partial charge in [-0.25, -0.2) is 0 Å². The highest BCUT2D eigenvalue weighted by molar-refractivity contribution is 6.18. The van der Waals surface area contributed by atoms with Crippen LogP contribution in [0.1, 0.15) is 18.2 Å². The fourth-order valence-electron chi connectivity index (χ4n) is 4.73. The van der Waals surface area contributed by atoms with Gasteiger partial charge in [0.15, 0.2) is 0 Å². The summed E-state index contributed by atoms with van der Waals surface area (Å²) in [6.07, 6.45) is 4.50. The van der Waals surface area contributed by atoms with Crippen LogP contribution in [0.5, 0.6) is 0 Å². The van der Waals surface area contributed by atoms with Crippen molar-refractivity contribution in [3.8, 4) is 0 Å². The maximum atomic E-state index is 2.46. The number of hydrogen-bond acceptors (Lipinski definition) is 0. The monoisotopic (exact) mass is 373 g/mol. The fourth-order valence-corrected chi connectivity index (χ4v) is 4.73. The smallest absolute Gasteiger partial charge is 0.243 e. The summed E-state index contributed by atoms with van der Waals surface area (Å²) in [4.78, 5) is 0. The highest BCUT2D eigenvalue weighted by Gasteiger charge is 2.28. The van der Waals surface area contributed by atoms with E-state index < -0.39 is 0 Å². The van der Waals surface area contributed by atoms with E-state index in [1.54, 1.807) is 0 Å². The van der Waals surface area contributed by atoms with Crippen molar-refractivity contribution in [1.82, 2.24) is 4.57 Å². The molecule has 138 valence electrons. The van der Waals surface area contributed by atoms with Crippen molar-refractivity contribution in [1.29, 1.82) is 0 Å². The van der Waals surface area contributed by atoms with Gasteiger partial charge >= 0.3 is 0 Å². The lowest BCUT2D eigenvalue weighted by atomic mass is 10.0. The van der Waals surface area contributed by atoms with E-state index in [0.29, 0.717) is 0 Å². The lowest BCUT2D eigenvalue weighted by Gasteiger charge is -2.07. The zero-order valence-corrected chi connectivity index (χ0v) is 16.6. The topological polar surface area (TPSA) is 9.03 Å². The lowest BCUT2D eigenvalue weighted by molar-refractivity contribution is -0.444. The van der Waals surface area contributed by atoms with Crippen molar-refractivity contribution in [2.75, 3.05) is 0 Å². The lowest BCUT2D eigenvalue weighted by Crippen LogP contribution is -2.19. The van der Waals surface area contributed by atoms with Crippen molar-refractivity contribution in [2.24, 2.45) is 7.05 Å². The largest absolute Gasteiger partial charge is 0.346 e. The summed E-state index contributed by atoms with van der Waals surface area (Å²) in [6.45, 7) is 2.19. The first-order valence-electron chi connectivity index (χ1n) is 10.0. The molecule has 0 aliphatic rings. The van der Waals surface area contributed by atoms with Gasteiger partial charge in [-0.2, -0.15) is 0 Å². The van der Waals surface area contributed by atoms with Gasteiger partial charge in [-0.05, 0) is 48.4 Å². The molecule has 3 aromatic heterocycles. The number of rotatable bonds is 2. The van der Waals surface area contributed by atoms with E-state index in [4.69, 9.17) is 0 Å². The van der Waals surface area contributed by atoms with Gasteiger partial charge in [0.2, 0.25) is 16.6 Å². The SMILES string of the molecule is CC(=Cc1c2c(ccn1C)c1cccc3c4ccccc4[n+]2c31)c1ccccc1. The molecule has 0 atom stereocenters. The van der Waals surface area contributed by atoms with E-state index >= 15 is 0 Å². The number of hydrogen-bond donors (Lipinski definition) is 0. The number of aryl methyl sites for hydroxylation is 1. The van der Waals surface area contributed by atoms with Crippen LogP contribution in [0.15, 0.2) is 85.1 Å². The van der Waals surface area contributed by atoms with Crippen molar-refractivity contribution >= 4 is 49.7 Å². The summed E-state index contributed by atoms with van der Waals surface area (Å²) in [7, 11) is 2.14. The number of allylic oxidation sites excluding steroid dienone is 1. The number of fused-ring (bicyclic) bond motifs is 6. The van der Waals surface area contributed by atoms with Crippen LogP contribution < -0.4 is 4.40 Å². The van der Waals surface area contributed by atoms with Crippen molar-refractivity contribution in [2.45, 2.75) is 6.92 Å². The van der Waals surface area contributed by atoms with Gasteiger partial charge in [0, 0.05) is 19.3 Å². The van der Waals surface area contributed by atoms with Gasteiger partial charge < -0.3 is 4.57 Å². The van der Waals surface area contributed by atoms with Crippen molar-refractivity contribution < 1.29 is 4.40 Å². The molecule has 0 aliphatic heterocycles. The third kappa shape index (κ3) is 2.20. The number of pyridine rings is 1. The molecule has 3 heterocycles. The molecule has 0 bridgehead atoms. The maximum absolute atomic E-state index is 2.46. The standard InChI is InChI=1S/C27H21N2/c1-18(19-9-4-3-5-10-19)17-25-27-23(15-16-28(25)2)22-13-8-12-21-20-11-6-7-14-24(20)29(27)26(21)22/h3-17H,1-2H3/q+1. The van der Waals surface area contributed by atoms with E-state index in [1.165, 1.54) is 54.9 Å². The summed E-state index contributed by atoms with van der Waals surface area (Å²) in [6, 6.07) is 28.3. The first kappa shape index (κ1) is 16.3. The molecular formula is C27H21N2+. The molecule has 0 spiro atoms.